The van der Waals surface area contributed by atoms with Gasteiger partial charge in [0.1, 0.15) is 15.6 Å². The summed E-state index contributed by atoms with van der Waals surface area (Å²) in [5.41, 5.74) is 6.39. The Hall–Kier alpha value is -2.82. The number of aliphatic imine (C=N–C) groups is 1. The number of piperazine rings is 1. The third kappa shape index (κ3) is 5.07. The smallest absolute Gasteiger partial charge is 0.241 e. The first-order valence-corrected chi connectivity index (χ1v) is 13.0. The minimum Gasteiger partial charge on any atom is -0.384 e. The molecule has 33 heavy (non-hydrogen) atoms. The van der Waals surface area contributed by atoms with Gasteiger partial charge in [0.25, 0.3) is 0 Å². The molecule has 4 rings (SSSR count). The summed E-state index contributed by atoms with van der Waals surface area (Å²) in [6, 6.07) is 5.65. The van der Waals surface area contributed by atoms with Crippen LogP contribution in [0.1, 0.15) is 5.56 Å². The number of amidine groups is 1. The molecule has 15 heteroatoms. The van der Waals surface area contributed by atoms with Crippen molar-refractivity contribution in [2.45, 2.75) is 15.8 Å². The van der Waals surface area contributed by atoms with E-state index in [9.17, 15) is 16.8 Å². The van der Waals surface area contributed by atoms with Gasteiger partial charge in [0.2, 0.25) is 20.0 Å². The van der Waals surface area contributed by atoms with Gasteiger partial charge in [-0.3, -0.25) is 0 Å². The molecule has 1 aromatic carbocycles. The molecule has 1 saturated heterocycles. The lowest BCUT2D eigenvalue weighted by Crippen LogP contribution is -2.53. The molecule has 7 N–H and O–H groups in total. The van der Waals surface area contributed by atoms with Crippen LogP contribution in [0.4, 0.5) is 5.82 Å². The van der Waals surface area contributed by atoms with Crippen molar-refractivity contribution < 1.29 is 16.8 Å². The number of nitrogen functional groups attached to an aromatic ring is 1. The summed E-state index contributed by atoms with van der Waals surface area (Å²) in [5, 5.41) is 19.5. The highest BCUT2D eigenvalue weighted by atomic mass is 32.2. The molecule has 0 aliphatic carbocycles. The van der Waals surface area contributed by atoms with Gasteiger partial charge in [-0.2, -0.15) is 5.11 Å². The number of hydrogen-bond donors (Lipinski definition) is 5. The van der Waals surface area contributed by atoms with E-state index in [2.05, 4.69) is 35.6 Å². The number of nitrogens with zero attached hydrogens (tertiary/aromatic N) is 4. The molecule has 2 aliphatic rings. The number of benzene rings is 1. The van der Waals surface area contributed by atoms with Crippen LogP contribution in [0.3, 0.4) is 0 Å². The maximum absolute atomic E-state index is 13.2. The summed E-state index contributed by atoms with van der Waals surface area (Å²) in [6.07, 6.45) is 1.43. The Balaban J connectivity index is 1.87. The minimum atomic E-state index is -4.54. The number of pyridine rings is 1. The highest BCUT2D eigenvalue weighted by Gasteiger charge is 2.33. The lowest BCUT2D eigenvalue weighted by atomic mass is 10.00. The molecule has 0 radical (unpaired) electrons. The fraction of sp³-hybridized carbons (Fsp3) is 0.333. The van der Waals surface area contributed by atoms with Gasteiger partial charge in [-0.1, -0.05) is 6.07 Å². The third-order valence-corrected chi connectivity index (χ3v) is 7.70. The number of hydrogen-bond acceptors (Lipinski definition) is 11. The van der Waals surface area contributed by atoms with Crippen molar-refractivity contribution in [1.82, 2.24) is 20.3 Å². The first kappa shape index (κ1) is 23.3. The summed E-state index contributed by atoms with van der Waals surface area (Å²) in [4.78, 5) is 7.03. The highest BCUT2D eigenvalue weighted by Crippen LogP contribution is 2.34. The number of anilines is 1. The molecule has 3 heterocycles. The molecule has 1 atom stereocenters. The summed E-state index contributed by atoms with van der Waals surface area (Å²) in [6.45, 7) is 2.07. The van der Waals surface area contributed by atoms with Gasteiger partial charge < -0.3 is 16.4 Å². The molecule has 2 aliphatic heterocycles. The first-order valence-electron chi connectivity index (χ1n) is 9.94. The van der Waals surface area contributed by atoms with Crippen LogP contribution in [-0.4, -0.2) is 66.5 Å². The van der Waals surface area contributed by atoms with E-state index in [1.807, 2.05) is 0 Å². The standard InChI is InChI=1S/C18H23N9O4S2/c19-15-4-1-11(7-23-15)13-2-3-14(33(30,31)26-9-12-8-21-5-6-22-12)17(32(20,28)29)16(13)18-24-10-25-27-18/h1-4,7,12,21-22,26H,5-6,8-10H2,(H2,19,23)(H2,20,28,29)/t12-/m1/s1. The van der Waals surface area contributed by atoms with Gasteiger partial charge in [0.15, 0.2) is 12.5 Å². The van der Waals surface area contributed by atoms with Crippen LogP contribution in [0.5, 0.6) is 0 Å². The Morgan fingerprint density at radius 1 is 1.12 bits per heavy atom. The molecule has 0 unspecified atom stereocenters. The minimum absolute atomic E-state index is 0.0194. The lowest BCUT2D eigenvalue weighted by Gasteiger charge is -2.25. The predicted octanol–water partition coefficient (Wildman–Crippen LogP) is -1.01. The normalized spacial score (nSPS) is 18.9. The van der Waals surface area contributed by atoms with Crippen molar-refractivity contribution in [1.29, 1.82) is 0 Å². The molecule has 0 amide bonds. The second kappa shape index (κ2) is 9.20. The molecule has 0 spiro atoms. The fourth-order valence-electron chi connectivity index (χ4n) is 3.59. The van der Waals surface area contributed by atoms with Crippen LogP contribution in [0, 0.1) is 0 Å². The average Bonchev–Trinajstić information content (AvgIpc) is 3.32. The topological polar surface area (TPSA) is 206 Å². The molecule has 13 nitrogen and oxygen atoms in total. The number of aromatic nitrogens is 1. The van der Waals surface area contributed by atoms with Gasteiger partial charge in [0.05, 0.1) is 5.56 Å². The maximum Gasteiger partial charge on any atom is 0.241 e. The van der Waals surface area contributed by atoms with Crippen LogP contribution in [0.25, 0.3) is 11.1 Å². The van der Waals surface area contributed by atoms with E-state index in [-0.39, 0.29) is 36.5 Å². The molecule has 1 fully saturated rings. The summed E-state index contributed by atoms with van der Waals surface area (Å²) < 4.78 is 54.3. The Kier molecular flexibility index (Phi) is 6.51. The Labute approximate surface area is 190 Å². The van der Waals surface area contributed by atoms with Crippen molar-refractivity contribution in [3.05, 3.63) is 36.0 Å². The monoisotopic (exact) mass is 493 g/mol. The van der Waals surface area contributed by atoms with Crippen LogP contribution < -0.4 is 26.2 Å². The predicted molar refractivity (Wildman–Crippen MR) is 122 cm³/mol. The Bertz CT molecular complexity index is 1320. The van der Waals surface area contributed by atoms with Crippen LogP contribution in [0.2, 0.25) is 0 Å². The molecule has 176 valence electrons. The van der Waals surface area contributed by atoms with Gasteiger partial charge in [-0.25, -0.2) is 36.7 Å². The maximum atomic E-state index is 13.2. The second-order valence-electron chi connectivity index (χ2n) is 7.40. The third-order valence-electron chi connectivity index (χ3n) is 5.11. The molecular formula is C18H23N9O4S2. The van der Waals surface area contributed by atoms with E-state index in [0.29, 0.717) is 24.2 Å². The van der Waals surface area contributed by atoms with E-state index in [4.69, 9.17) is 10.9 Å². The van der Waals surface area contributed by atoms with Crippen molar-refractivity contribution in [3.8, 4) is 11.1 Å². The van der Waals surface area contributed by atoms with Crippen LogP contribution in [-0.2, 0) is 20.0 Å². The van der Waals surface area contributed by atoms with Crippen molar-refractivity contribution in [2.75, 3.05) is 38.6 Å². The first-order chi connectivity index (χ1) is 15.7. The van der Waals surface area contributed by atoms with Gasteiger partial charge >= 0.3 is 0 Å². The number of sulfonamides is 2. The molecule has 2 aromatic rings. The van der Waals surface area contributed by atoms with Gasteiger partial charge in [0, 0.05) is 44.0 Å². The summed E-state index contributed by atoms with van der Waals surface area (Å²) >= 11 is 0. The fourth-order valence-corrected chi connectivity index (χ4v) is 6.27. The number of primary sulfonamides is 1. The quantitative estimate of drug-likeness (QED) is 0.322. The molecular weight excluding hydrogens is 470 g/mol. The highest BCUT2D eigenvalue weighted by molar-refractivity contribution is 7.92. The summed E-state index contributed by atoms with van der Waals surface area (Å²) in [7, 11) is -8.81. The van der Waals surface area contributed by atoms with Crippen molar-refractivity contribution >= 4 is 31.7 Å². The summed E-state index contributed by atoms with van der Waals surface area (Å²) in [5.74, 6) is 0.222. The number of nitrogens with one attached hydrogen (secondary N) is 3. The second-order valence-corrected chi connectivity index (χ2v) is 10.6. The van der Waals surface area contributed by atoms with E-state index in [1.54, 1.807) is 6.07 Å². The average molecular weight is 494 g/mol. The van der Waals surface area contributed by atoms with E-state index in [1.165, 1.54) is 24.4 Å². The SMILES string of the molecule is Nc1ccc(-c2ccc(S(=O)(=O)NC[C@H]3CNCCN3)c(S(N)(=O)=O)c2C2=NCN=N2)cn1. The molecule has 0 bridgehead atoms. The zero-order valence-electron chi connectivity index (χ0n) is 17.4. The zero-order chi connectivity index (χ0) is 23.6. The lowest BCUT2D eigenvalue weighted by molar-refractivity contribution is 0.414. The van der Waals surface area contributed by atoms with Gasteiger partial charge in [-0.15, -0.1) is 5.11 Å². The van der Waals surface area contributed by atoms with Crippen LogP contribution >= 0.6 is 0 Å². The van der Waals surface area contributed by atoms with E-state index >= 15 is 0 Å². The van der Waals surface area contributed by atoms with Gasteiger partial charge in [-0.05, 0) is 23.8 Å². The molecule has 1 aromatic heterocycles. The van der Waals surface area contributed by atoms with Crippen molar-refractivity contribution in [3.63, 3.8) is 0 Å². The Morgan fingerprint density at radius 2 is 1.94 bits per heavy atom. The Morgan fingerprint density at radius 3 is 2.55 bits per heavy atom. The number of nitrogens with two attached hydrogens (primary N) is 2. The zero-order valence-corrected chi connectivity index (χ0v) is 19.0. The van der Waals surface area contributed by atoms with Crippen LogP contribution in [0.15, 0.2) is 55.5 Å². The van der Waals surface area contributed by atoms with E-state index in [0.717, 1.165) is 6.54 Å². The molecule has 0 saturated carbocycles. The van der Waals surface area contributed by atoms with Crippen molar-refractivity contribution in [2.24, 2.45) is 20.4 Å². The number of rotatable bonds is 7. The number of azo groups is 1. The largest absolute Gasteiger partial charge is 0.384 e. The van der Waals surface area contributed by atoms with E-state index < -0.39 is 29.8 Å².